The maximum atomic E-state index is 13.4. The molecule has 7 heteroatoms. The summed E-state index contributed by atoms with van der Waals surface area (Å²) in [6, 6.07) is -1.00. The van der Waals surface area contributed by atoms with Crippen LogP contribution in [0.2, 0.25) is 0 Å². The number of aliphatic carboxylic acids is 1. The first-order chi connectivity index (χ1) is 13.8. The Morgan fingerprint density at radius 2 is 1.83 bits per heavy atom. The lowest BCUT2D eigenvalue weighted by Gasteiger charge is -2.40. The number of carbonyl (C=O) groups excluding carboxylic acids is 2. The Balaban J connectivity index is 3.08. The van der Waals surface area contributed by atoms with Crippen LogP contribution in [0, 0.1) is 5.41 Å². The number of rotatable bonds is 8. The van der Waals surface area contributed by atoms with Crippen LogP contribution in [-0.4, -0.2) is 70.4 Å². The molecule has 0 spiro atoms. The third-order valence-corrected chi connectivity index (χ3v) is 5.95. The first-order valence-corrected chi connectivity index (χ1v) is 11.1. The molecule has 0 saturated carbocycles. The molecular weight excluding hydrogens is 382 g/mol. The highest BCUT2D eigenvalue weighted by Crippen LogP contribution is 2.25. The third kappa shape index (κ3) is 6.83. The van der Waals surface area contributed by atoms with Gasteiger partial charge in [0.25, 0.3) is 0 Å². The molecule has 0 bridgehead atoms. The van der Waals surface area contributed by atoms with Gasteiger partial charge in [0.2, 0.25) is 11.8 Å². The van der Waals surface area contributed by atoms with E-state index >= 15 is 0 Å². The van der Waals surface area contributed by atoms with Crippen LogP contribution >= 0.6 is 0 Å². The van der Waals surface area contributed by atoms with Gasteiger partial charge >= 0.3 is 5.97 Å². The van der Waals surface area contributed by atoms with Crippen molar-refractivity contribution in [2.75, 3.05) is 13.6 Å². The summed E-state index contributed by atoms with van der Waals surface area (Å²) >= 11 is 0. The van der Waals surface area contributed by atoms with Crippen LogP contribution in [0.5, 0.6) is 0 Å². The van der Waals surface area contributed by atoms with E-state index in [0.717, 1.165) is 25.8 Å². The molecule has 0 aliphatic carbocycles. The molecule has 1 aliphatic heterocycles. The van der Waals surface area contributed by atoms with Crippen molar-refractivity contribution in [1.29, 1.82) is 0 Å². The SMILES string of the molecule is CC[C@@H](/C=C(\C)C(=O)O)N(C)C(=O)C(NC(=O)C1CCCCN1C(C)C)C(C)(C)C. The number of likely N-dealkylation sites (tertiary alicyclic amines) is 1. The van der Waals surface area contributed by atoms with Crippen LogP contribution in [0.4, 0.5) is 0 Å². The highest BCUT2D eigenvalue weighted by atomic mass is 16.4. The van der Waals surface area contributed by atoms with Crippen LogP contribution in [0.15, 0.2) is 11.6 Å². The minimum Gasteiger partial charge on any atom is -0.478 e. The summed E-state index contributed by atoms with van der Waals surface area (Å²) in [4.78, 5) is 41.6. The molecular formula is C23H41N3O4. The first-order valence-electron chi connectivity index (χ1n) is 11.1. The summed E-state index contributed by atoms with van der Waals surface area (Å²) in [6.07, 6.45) is 5.07. The number of likely N-dealkylation sites (N-methyl/N-ethyl adjacent to an activating group) is 1. The van der Waals surface area contributed by atoms with E-state index in [4.69, 9.17) is 0 Å². The Morgan fingerprint density at radius 1 is 1.23 bits per heavy atom. The predicted molar refractivity (Wildman–Crippen MR) is 119 cm³/mol. The molecule has 0 aromatic rings. The van der Waals surface area contributed by atoms with Crippen molar-refractivity contribution >= 4 is 17.8 Å². The highest BCUT2D eigenvalue weighted by molar-refractivity contribution is 5.91. The molecule has 2 unspecified atom stereocenters. The minimum absolute atomic E-state index is 0.101. The van der Waals surface area contributed by atoms with Crippen LogP contribution in [0.3, 0.4) is 0 Å². The van der Waals surface area contributed by atoms with Crippen molar-refractivity contribution in [3.8, 4) is 0 Å². The zero-order valence-corrected chi connectivity index (χ0v) is 20.0. The van der Waals surface area contributed by atoms with Crippen LogP contribution in [0.25, 0.3) is 0 Å². The average Bonchev–Trinajstić information content (AvgIpc) is 2.67. The van der Waals surface area contributed by atoms with Crippen molar-refractivity contribution in [1.82, 2.24) is 15.1 Å². The molecule has 2 N–H and O–H groups in total. The smallest absolute Gasteiger partial charge is 0.331 e. The molecule has 1 saturated heterocycles. The predicted octanol–water partition coefficient (Wildman–Crippen LogP) is 3.05. The lowest BCUT2D eigenvalue weighted by molar-refractivity contribution is -0.141. The Morgan fingerprint density at radius 3 is 2.30 bits per heavy atom. The van der Waals surface area contributed by atoms with Crippen molar-refractivity contribution in [3.05, 3.63) is 11.6 Å². The molecule has 30 heavy (non-hydrogen) atoms. The van der Waals surface area contributed by atoms with Gasteiger partial charge in [0, 0.05) is 18.7 Å². The first kappa shape index (κ1) is 26.1. The van der Waals surface area contributed by atoms with E-state index in [-0.39, 0.29) is 35.5 Å². The molecule has 3 atom stereocenters. The second kappa shape index (κ2) is 10.9. The van der Waals surface area contributed by atoms with Gasteiger partial charge in [0.15, 0.2) is 0 Å². The van der Waals surface area contributed by atoms with E-state index in [2.05, 4.69) is 24.1 Å². The van der Waals surface area contributed by atoms with Gasteiger partial charge in [-0.3, -0.25) is 14.5 Å². The summed E-state index contributed by atoms with van der Waals surface area (Å²) in [5.74, 6) is -1.31. The van der Waals surface area contributed by atoms with Gasteiger partial charge in [-0.2, -0.15) is 0 Å². The largest absolute Gasteiger partial charge is 0.478 e. The topological polar surface area (TPSA) is 90.0 Å². The lowest BCUT2D eigenvalue weighted by Crippen LogP contribution is -2.60. The molecule has 172 valence electrons. The van der Waals surface area contributed by atoms with Crippen molar-refractivity contribution in [2.45, 2.75) is 98.3 Å². The lowest BCUT2D eigenvalue weighted by atomic mass is 9.85. The molecule has 0 radical (unpaired) electrons. The van der Waals surface area contributed by atoms with Crippen molar-refractivity contribution < 1.29 is 19.5 Å². The van der Waals surface area contributed by atoms with Gasteiger partial charge in [-0.25, -0.2) is 4.79 Å². The molecule has 1 fully saturated rings. The Bertz CT molecular complexity index is 651. The number of hydrogen-bond donors (Lipinski definition) is 2. The Hall–Kier alpha value is -1.89. The maximum absolute atomic E-state index is 13.4. The summed E-state index contributed by atoms with van der Waals surface area (Å²) < 4.78 is 0. The Labute approximate surface area is 181 Å². The van der Waals surface area contributed by atoms with Gasteiger partial charge in [-0.15, -0.1) is 0 Å². The number of piperidine rings is 1. The monoisotopic (exact) mass is 423 g/mol. The normalized spacial score (nSPS) is 20.6. The third-order valence-electron chi connectivity index (χ3n) is 5.95. The van der Waals surface area contributed by atoms with E-state index < -0.39 is 17.4 Å². The summed E-state index contributed by atoms with van der Waals surface area (Å²) in [7, 11) is 1.67. The fourth-order valence-corrected chi connectivity index (χ4v) is 3.97. The number of nitrogens with one attached hydrogen (secondary N) is 1. The van der Waals surface area contributed by atoms with Gasteiger partial charge in [0.1, 0.15) is 6.04 Å². The molecule has 0 aromatic heterocycles. The second-order valence-corrected chi connectivity index (χ2v) is 9.73. The van der Waals surface area contributed by atoms with E-state index in [9.17, 15) is 19.5 Å². The van der Waals surface area contributed by atoms with Gasteiger partial charge in [-0.1, -0.05) is 40.2 Å². The molecule has 1 aliphatic rings. The number of carboxylic acids is 1. The quantitative estimate of drug-likeness (QED) is 0.586. The fraction of sp³-hybridized carbons (Fsp3) is 0.783. The van der Waals surface area contributed by atoms with Gasteiger partial charge in [0.05, 0.1) is 12.1 Å². The molecule has 7 nitrogen and oxygen atoms in total. The summed E-state index contributed by atoms with van der Waals surface area (Å²) in [5.41, 5.74) is -0.282. The zero-order chi connectivity index (χ0) is 23.2. The number of carboxylic acid groups (broad SMARTS) is 1. The van der Waals surface area contributed by atoms with E-state index in [1.807, 2.05) is 27.7 Å². The van der Waals surface area contributed by atoms with Crippen molar-refractivity contribution in [3.63, 3.8) is 0 Å². The van der Waals surface area contributed by atoms with Crippen molar-refractivity contribution in [2.24, 2.45) is 5.41 Å². The molecule has 2 amide bonds. The fourth-order valence-electron chi connectivity index (χ4n) is 3.97. The average molecular weight is 424 g/mol. The number of nitrogens with zero attached hydrogens (tertiary/aromatic N) is 2. The summed E-state index contributed by atoms with van der Waals surface area (Å²) in [5, 5.41) is 12.2. The minimum atomic E-state index is -0.999. The molecule has 1 rings (SSSR count). The second-order valence-electron chi connectivity index (χ2n) is 9.73. The van der Waals surface area contributed by atoms with Gasteiger partial charge < -0.3 is 15.3 Å². The van der Waals surface area contributed by atoms with Gasteiger partial charge in [-0.05, 0) is 52.0 Å². The molecule has 0 aromatic carbocycles. The van der Waals surface area contributed by atoms with Crippen LogP contribution in [-0.2, 0) is 14.4 Å². The number of amides is 2. The molecule has 1 heterocycles. The van der Waals surface area contributed by atoms with E-state index in [0.29, 0.717) is 6.42 Å². The maximum Gasteiger partial charge on any atom is 0.331 e. The Kier molecular flexibility index (Phi) is 9.53. The van der Waals surface area contributed by atoms with E-state index in [1.54, 1.807) is 18.0 Å². The number of carbonyl (C=O) groups is 3. The van der Waals surface area contributed by atoms with E-state index in [1.165, 1.54) is 6.92 Å². The summed E-state index contributed by atoms with van der Waals surface area (Å²) in [6.45, 7) is 14.3. The standard InChI is InChI=1S/C23H41N3O4/c1-9-17(14-16(4)22(29)30)25(8)21(28)19(23(5,6)7)24-20(27)18-12-10-11-13-26(18)15(2)3/h14-15,17-19H,9-13H2,1-8H3,(H,24,27)(H,29,30)/b16-14+/t17-,18?,19?/m0/s1. The number of hydrogen-bond acceptors (Lipinski definition) is 4. The zero-order valence-electron chi connectivity index (χ0n) is 20.0. The van der Waals surface area contributed by atoms with Crippen LogP contribution < -0.4 is 5.32 Å². The highest BCUT2D eigenvalue weighted by Gasteiger charge is 2.39. The van der Waals surface area contributed by atoms with Crippen LogP contribution in [0.1, 0.15) is 74.1 Å².